The zero-order valence-corrected chi connectivity index (χ0v) is 13.4. The molecule has 3 rings (SSSR count). The molecule has 0 saturated carbocycles. The molecule has 1 aromatic rings. The molecule has 2 fully saturated rings. The van der Waals surface area contributed by atoms with E-state index in [-0.39, 0.29) is 11.3 Å². The Balaban J connectivity index is 1.66. The van der Waals surface area contributed by atoms with Gasteiger partial charge in [-0.1, -0.05) is 37.3 Å². The number of benzene rings is 1. The number of piperidine rings is 1. The number of thioether (sulfide) groups is 1. The summed E-state index contributed by atoms with van der Waals surface area (Å²) in [4.78, 5) is 14.4. The van der Waals surface area contributed by atoms with E-state index >= 15 is 0 Å². The molecule has 1 amide bonds. The van der Waals surface area contributed by atoms with Gasteiger partial charge < -0.3 is 10.0 Å². The van der Waals surface area contributed by atoms with Crippen molar-refractivity contribution in [2.24, 2.45) is 0 Å². The van der Waals surface area contributed by atoms with Gasteiger partial charge >= 0.3 is 0 Å². The van der Waals surface area contributed by atoms with Crippen LogP contribution in [-0.2, 0) is 10.2 Å². The van der Waals surface area contributed by atoms with Crippen molar-refractivity contribution >= 4 is 17.7 Å². The Morgan fingerprint density at radius 1 is 1.19 bits per heavy atom. The summed E-state index contributed by atoms with van der Waals surface area (Å²) in [7, 11) is 0. The van der Waals surface area contributed by atoms with Crippen molar-refractivity contribution in [1.29, 1.82) is 0 Å². The summed E-state index contributed by atoms with van der Waals surface area (Å²) in [5.41, 5.74) is 0.392. The smallest absolute Gasteiger partial charge is 0.255 e. The summed E-state index contributed by atoms with van der Waals surface area (Å²) >= 11 is 1.67. The molecular formula is C17H23NO2S. The molecule has 2 heterocycles. The summed E-state index contributed by atoms with van der Waals surface area (Å²) < 4.78 is 0. The molecule has 4 heteroatoms. The van der Waals surface area contributed by atoms with E-state index in [0.717, 1.165) is 31.7 Å². The lowest BCUT2D eigenvalue weighted by molar-refractivity contribution is -0.150. The van der Waals surface area contributed by atoms with Crippen molar-refractivity contribution in [3.8, 4) is 0 Å². The number of rotatable bonds is 2. The number of carbonyl (C=O) groups is 1. The highest BCUT2D eigenvalue weighted by Crippen LogP contribution is 2.37. The number of amides is 1. The SMILES string of the molecule is CC1(c2ccccc2)CCN(C(=O)C2(O)CCSC2)CC1. The number of carbonyl (C=O) groups excluding carboxylic acids is 1. The van der Waals surface area contributed by atoms with Gasteiger partial charge in [0.25, 0.3) is 5.91 Å². The van der Waals surface area contributed by atoms with Crippen molar-refractivity contribution in [1.82, 2.24) is 4.90 Å². The Bertz CT molecular complexity index is 503. The van der Waals surface area contributed by atoms with Gasteiger partial charge in [0.05, 0.1) is 0 Å². The molecule has 2 saturated heterocycles. The third-order valence-electron chi connectivity index (χ3n) is 5.02. The normalized spacial score (nSPS) is 28.6. The molecule has 0 spiro atoms. The van der Waals surface area contributed by atoms with E-state index in [1.165, 1.54) is 5.56 Å². The van der Waals surface area contributed by atoms with Crippen molar-refractivity contribution < 1.29 is 9.90 Å². The van der Waals surface area contributed by atoms with Gasteiger partial charge in [-0.2, -0.15) is 11.8 Å². The zero-order chi connectivity index (χ0) is 14.9. The van der Waals surface area contributed by atoms with Crippen LogP contribution in [-0.4, -0.2) is 46.1 Å². The van der Waals surface area contributed by atoms with Crippen LogP contribution in [0, 0.1) is 0 Å². The molecule has 0 aromatic heterocycles. The van der Waals surface area contributed by atoms with Crippen molar-refractivity contribution in [2.45, 2.75) is 37.2 Å². The Kier molecular flexibility index (Phi) is 4.02. The van der Waals surface area contributed by atoms with E-state index in [2.05, 4.69) is 31.2 Å². The summed E-state index contributed by atoms with van der Waals surface area (Å²) in [5.74, 6) is 1.39. The van der Waals surface area contributed by atoms with Crippen LogP contribution in [0.5, 0.6) is 0 Å². The van der Waals surface area contributed by atoms with E-state index in [0.29, 0.717) is 12.2 Å². The molecule has 0 aliphatic carbocycles. The van der Waals surface area contributed by atoms with E-state index in [9.17, 15) is 9.90 Å². The molecule has 3 nitrogen and oxygen atoms in total. The van der Waals surface area contributed by atoms with Crippen molar-refractivity contribution in [3.05, 3.63) is 35.9 Å². The minimum Gasteiger partial charge on any atom is -0.379 e. The second kappa shape index (κ2) is 5.65. The van der Waals surface area contributed by atoms with Gasteiger partial charge in [0, 0.05) is 18.8 Å². The molecule has 0 radical (unpaired) electrons. The molecule has 2 aliphatic rings. The predicted octanol–water partition coefficient (Wildman–Crippen LogP) is 2.43. The summed E-state index contributed by atoms with van der Waals surface area (Å²) in [5, 5.41) is 10.4. The molecule has 114 valence electrons. The molecule has 1 N–H and O–H groups in total. The number of nitrogens with zero attached hydrogens (tertiary/aromatic N) is 1. The maximum atomic E-state index is 12.5. The number of likely N-dealkylation sites (tertiary alicyclic amines) is 1. The fourth-order valence-corrected chi connectivity index (χ4v) is 4.58. The minimum atomic E-state index is -1.11. The van der Waals surface area contributed by atoms with Gasteiger partial charge in [0.1, 0.15) is 0 Å². The summed E-state index contributed by atoms with van der Waals surface area (Å²) in [6.07, 6.45) is 2.53. The van der Waals surface area contributed by atoms with Crippen LogP contribution in [0.4, 0.5) is 0 Å². The highest BCUT2D eigenvalue weighted by atomic mass is 32.2. The molecule has 21 heavy (non-hydrogen) atoms. The third-order valence-corrected chi connectivity index (χ3v) is 6.20. The van der Waals surface area contributed by atoms with Crippen LogP contribution in [0.1, 0.15) is 31.7 Å². The Labute approximate surface area is 130 Å². The van der Waals surface area contributed by atoms with Crippen LogP contribution >= 0.6 is 11.8 Å². The zero-order valence-electron chi connectivity index (χ0n) is 12.5. The van der Waals surface area contributed by atoms with Gasteiger partial charge in [-0.3, -0.25) is 4.79 Å². The largest absolute Gasteiger partial charge is 0.379 e. The first kappa shape index (κ1) is 14.9. The highest BCUT2D eigenvalue weighted by Gasteiger charge is 2.44. The van der Waals surface area contributed by atoms with Crippen LogP contribution in [0.25, 0.3) is 0 Å². The van der Waals surface area contributed by atoms with Gasteiger partial charge in [-0.05, 0) is 36.0 Å². The first-order valence-corrected chi connectivity index (χ1v) is 8.84. The predicted molar refractivity (Wildman–Crippen MR) is 86.5 cm³/mol. The maximum Gasteiger partial charge on any atom is 0.255 e. The molecule has 1 unspecified atom stereocenters. The fraction of sp³-hybridized carbons (Fsp3) is 0.588. The van der Waals surface area contributed by atoms with Crippen LogP contribution in [0.3, 0.4) is 0 Å². The van der Waals surface area contributed by atoms with Crippen molar-refractivity contribution in [3.63, 3.8) is 0 Å². The number of aliphatic hydroxyl groups is 1. The highest BCUT2D eigenvalue weighted by molar-refractivity contribution is 7.99. The van der Waals surface area contributed by atoms with Gasteiger partial charge in [0.2, 0.25) is 0 Å². The van der Waals surface area contributed by atoms with Crippen LogP contribution in [0.2, 0.25) is 0 Å². The summed E-state index contributed by atoms with van der Waals surface area (Å²) in [6, 6.07) is 10.6. The number of hydrogen-bond acceptors (Lipinski definition) is 3. The topological polar surface area (TPSA) is 40.5 Å². The Hall–Kier alpha value is -1.000. The van der Waals surface area contributed by atoms with Crippen LogP contribution in [0.15, 0.2) is 30.3 Å². The summed E-state index contributed by atoms with van der Waals surface area (Å²) in [6.45, 7) is 3.78. The van der Waals surface area contributed by atoms with Gasteiger partial charge in [0.15, 0.2) is 5.60 Å². The first-order chi connectivity index (χ1) is 10.0. The lowest BCUT2D eigenvalue weighted by atomic mass is 9.74. The van der Waals surface area contributed by atoms with Gasteiger partial charge in [-0.15, -0.1) is 0 Å². The Morgan fingerprint density at radius 3 is 2.43 bits per heavy atom. The average Bonchev–Trinajstić information content (AvgIpc) is 2.96. The molecule has 1 atom stereocenters. The van der Waals surface area contributed by atoms with E-state index in [4.69, 9.17) is 0 Å². The minimum absolute atomic E-state index is 0.0531. The maximum absolute atomic E-state index is 12.5. The number of hydrogen-bond donors (Lipinski definition) is 1. The molecule has 0 bridgehead atoms. The van der Waals surface area contributed by atoms with Crippen LogP contribution < -0.4 is 0 Å². The monoisotopic (exact) mass is 305 g/mol. The fourth-order valence-electron chi connectivity index (χ4n) is 3.35. The molecular weight excluding hydrogens is 282 g/mol. The standard InChI is InChI=1S/C17H23NO2S/c1-16(14-5-3-2-4-6-14)7-10-18(11-8-16)15(19)17(20)9-12-21-13-17/h2-6,20H,7-13H2,1H3. The molecule has 1 aromatic carbocycles. The second-order valence-electron chi connectivity index (χ2n) is 6.55. The molecule has 2 aliphatic heterocycles. The van der Waals surface area contributed by atoms with Gasteiger partial charge in [-0.25, -0.2) is 0 Å². The quantitative estimate of drug-likeness (QED) is 0.912. The second-order valence-corrected chi connectivity index (χ2v) is 7.66. The first-order valence-electron chi connectivity index (χ1n) is 7.69. The average molecular weight is 305 g/mol. The lowest BCUT2D eigenvalue weighted by Gasteiger charge is -2.41. The Morgan fingerprint density at radius 2 is 1.86 bits per heavy atom. The van der Waals surface area contributed by atoms with E-state index < -0.39 is 5.60 Å². The van der Waals surface area contributed by atoms with E-state index in [1.54, 1.807) is 11.8 Å². The third kappa shape index (κ3) is 2.84. The van der Waals surface area contributed by atoms with Crippen molar-refractivity contribution in [2.75, 3.05) is 24.6 Å². The lowest BCUT2D eigenvalue weighted by Crippen LogP contribution is -2.53. The van der Waals surface area contributed by atoms with E-state index in [1.807, 2.05) is 11.0 Å².